The van der Waals surface area contributed by atoms with Gasteiger partial charge in [0.2, 0.25) is 5.91 Å². The first kappa shape index (κ1) is 23.8. The van der Waals surface area contributed by atoms with Gasteiger partial charge in [0.05, 0.1) is 6.10 Å². The summed E-state index contributed by atoms with van der Waals surface area (Å²) in [5.41, 5.74) is 4.42. The molecule has 2 aliphatic carbocycles. The monoisotopic (exact) mass is 466 g/mol. The van der Waals surface area contributed by atoms with Crippen LogP contribution in [-0.4, -0.2) is 66.9 Å². The van der Waals surface area contributed by atoms with Crippen molar-refractivity contribution in [1.29, 1.82) is 0 Å². The van der Waals surface area contributed by atoms with Gasteiger partial charge in [0.25, 0.3) is 0 Å². The number of ether oxygens (including phenoxy) is 2. The van der Waals surface area contributed by atoms with Gasteiger partial charge in [-0.25, -0.2) is 4.79 Å². The second kappa shape index (κ2) is 10.3. The molecule has 2 aromatic carbocycles. The summed E-state index contributed by atoms with van der Waals surface area (Å²) in [6, 6.07) is 15.0. The Morgan fingerprint density at radius 2 is 1.65 bits per heavy atom. The number of fused-ring (bicyclic) bond motifs is 3. The molecule has 4 rings (SSSR count). The van der Waals surface area contributed by atoms with Crippen molar-refractivity contribution < 1.29 is 29.0 Å². The molecule has 8 nitrogen and oxygen atoms in total. The van der Waals surface area contributed by atoms with Gasteiger partial charge in [-0.3, -0.25) is 9.59 Å². The smallest absolute Gasteiger partial charge is 0.407 e. The standard InChI is InChI=1S/C26H30N2O6/c1-16(33-2)24(25(31)28(14-23(29)30)13-17-11-12-17)27-26(32)34-15-22-20-9-5-3-7-18(20)19-8-4-6-10-21(19)22/h3-10,16-17,22,24H,11-15H2,1-2H3,(H,27,32)(H,29,30). The van der Waals surface area contributed by atoms with Crippen LogP contribution in [0.3, 0.4) is 0 Å². The number of hydrogen-bond donors (Lipinski definition) is 2. The van der Waals surface area contributed by atoms with E-state index in [-0.39, 0.29) is 12.5 Å². The molecule has 0 spiro atoms. The zero-order chi connectivity index (χ0) is 24.2. The Hall–Kier alpha value is -3.39. The lowest BCUT2D eigenvalue weighted by molar-refractivity contribution is -0.147. The Labute approximate surface area is 198 Å². The van der Waals surface area contributed by atoms with E-state index in [0.29, 0.717) is 12.5 Å². The number of nitrogens with zero attached hydrogens (tertiary/aromatic N) is 1. The zero-order valence-corrected chi connectivity index (χ0v) is 19.4. The molecule has 0 heterocycles. The number of carboxylic acids is 1. The van der Waals surface area contributed by atoms with Gasteiger partial charge in [0.1, 0.15) is 19.2 Å². The van der Waals surface area contributed by atoms with Gasteiger partial charge in [-0.05, 0) is 47.9 Å². The Morgan fingerprint density at radius 1 is 1.06 bits per heavy atom. The van der Waals surface area contributed by atoms with Crippen molar-refractivity contribution in [3.63, 3.8) is 0 Å². The summed E-state index contributed by atoms with van der Waals surface area (Å²) in [6.45, 7) is 1.70. The molecule has 2 N–H and O–H groups in total. The van der Waals surface area contributed by atoms with Crippen LogP contribution in [0.25, 0.3) is 11.1 Å². The summed E-state index contributed by atoms with van der Waals surface area (Å²) in [4.78, 5) is 38.5. The quantitative estimate of drug-likeness (QED) is 0.557. The first-order valence-electron chi connectivity index (χ1n) is 11.5. The van der Waals surface area contributed by atoms with Crippen molar-refractivity contribution in [3.05, 3.63) is 59.7 Å². The van der Waals surface area contributed by atoms with E-state index in [1.165, 1.54) is 12.0 Å². The molecule has 1 saturated carbocycles. The van der Waals surface area contributed by atoms with Gasteiger partial charge in [-0.15, -0.1) is 0 Å². The van der Waals surface area contributed by atoms with Gasteiger partial charge < -0.3 is 24.8 Å². The van der Waals surface area contributed by atoms with Crippen LogP contribution in [0.2, 0.25) is 0 Å². The van der Waals surface area contributed by atoms with Crippen LogP contribution in [0.15, 0.2) is 48.5 Å². The molecule has 0 saturated heterocycles. The van der Waals surface area contributed by atoms with E-state index >= 15 is 0 Å². The van der Waals surface area contributed by atoms with Crippen LogP contribution in [0.4, 0.5) is 4.79 Å². The second-order valence-electron chi connectivity index (χ2n) is 8.94. The van der Waals surface area contributed by atoms with Crippen molar-refractivity contribution >= 4 is 18.0 Å². The highest BCUT2D eigenvalue weighted by atomic mass is 16.5. The topological polar surface area (TPSA) is 105 Å². The van der Waals surface area contributed by atoms with E-state index in [1.807, 2.05) is 36.4 Å². The van der Waals surface area contributed by atoms with Crippen molar-refractivity contribution in [2.75, 3.05) is 26.8 Å². The molecular weight excluding hydrogens is 436 g/mol. The number of rotatable bonds is 10. The lowest BCUT2D eigenvalue weighted by Crippen LogP contribution is -2.55. The van der Waals surface area contributed by atoms with Crippen LogP contribution in [0.5, 0.6) is 0 Å². The van der Waals surface area contributed by atoms with Crippen LogP contribution in [0.1, 0.15) is 36.8 Å². The van der Waals surface area contributed by atoms with Gasteiger partial charge >= 0.3 is 12.1 Å². The Bertz CT molecular complexity index is 1020. The van der Waals surface area contributed by atoms with Crippen LogP contribution >= 0.6 is 0 Å². The van der Waals surface area contributed by atoms with Crippen molar-refractivity contribution in [2.45, 2.75) is 37.8 Å². The third-order valence-corrected chi connectivity index (χ3v) is 6.54. The molecule has 2 amide bonds. The fourth-order valence-electron chi connectivity index (χ4n) is 4.49. The average Bonchev–Trinajstić information content (AvgIpc) is 3.60. The minimum absolute atomic E-state index is 0.106. The fourth-order valence-corrected chi connectivity index (χ4v) is 4.49. The first-order chi connectivity index (χ1) is 16.4. The number of carbonyl (C=O) groups is 3. The van der Waals surface area contributed by atoms with E-state index in [2.05, 4.69) is 17.4 Å². The van der Waals surface area contributed by atoms with E-state index in [0.717, 1.165) is 35.1 Å². The molecule has 0 aliphatic heterocycles. The van der Waals surface area contributed by atoms with E-state index in [9.17, 15) is 19.5 Å². The lowest BCUT2D eigenvalue weighted by atomic mass is 9.98. The number of benzene rings is 2. The molecule has 2 aliphatic rings. The SMILES string of the molecule is COC(C)C(NC(=O)OCC1c2ccccc2-c2ccccc21)C(=O)N(CC(=O)O)CC1CC1. The normalized spacial score (nSPS) is 16.2. The minimum Gasteiger partial charge on any atom is -0.480 e. The molecule has 2 unspecified atom stereocenters. The third-order valence-electron chi connectivity index (χ3n) is 6.54. The number of carbonyl (C=O) groups excluding carboxylic acids is 2. The number of alkyl carbamates (subject to hydrolysis) is 1. The van der Waals surface area contributed by atoms with Crippen LogP contribution < -0.4 is 5.32 Å². The molecule has 0 bridgehead atoms. The lowest BCUT2D eigenvalue weighted by Gasteiger charge is -2.29. The summed E-state index contributed by atoms with van der Waals surface area (Å²) in [5.74, 6) is -1.39. The molecule has 2 aromatic rings. The van der Waals surface area contributed by atoms with Gasteiger partial charge in [0, 0.05) is 19.6 Å². The second-order valence-corrected chi connectivity index (χ2v) is 8.94. The molecule has 0 aromatic heterocycles. The Balaban J connectivity index is 1.44. The summed E-state index contributed by atoms with van der Waals surface area (Å²) in [5, 5.41) is 11.9. The van der Waals surface area contributed by atoms with Crippen molar-refractivity contribution in [2.24, 2.45) is 5.92 Å². The van der Waals surface area contributed by atoms with Gasteiger partial charge in [0.15, 0.2) is 0 Å². The highest BCUT2D eigenvalue weighted by Crippen LogP contribution is 2.44. The first-order valence-corrected chi connectivity index (χ1v) is 11.5. The van der Waals surface area contributed by atoms with Crippen molar-refractivity contribution in [3.8, 4) is 11.1 Å². The third kappa shape index (κ3) is 5.22. The maximum absolute atomic E-state index is 13.2. The molecule has 34 heavy (non-hydrogen) atoms. The van der Waals surface area contributed by atoms with E-state index in [4.69, 9.17) is 9.47 Å². The maximum Gasteiger partial charge on any atom is 0.407 e. The van der Waals surface area contributed by atoms with Gasteiger partial charge in [-0.2, -0.15) is 0 Å². The van der Waals surface area contributed by atoms with Crippen molar-refractivity contribution in [1.82, 2.24) is 10.2 Å². The minimum atomic E-state index is -1.10. The number of amides is 2. The Kier molecular flexibility index (Phi) is 7.17. The number of methoxy groups -OCH3 is 1. The summed E-state index contributed by atoms with van der Waals surface area (Å²) < 4.78 is 10.9. The highest BCUT2D eigenvalue weighted by molar-refractivity contribution is 5.88. The zero-order valence-electron chi connectivity index (χ0n) is 19.4. The molecule has 1 fully saturated rings. The largest absolute Gasteiger partial charge is 0.480 e. The molecule has 0 radical (unpaired) electrons. The number of aliphatic carboxylic acids is 1. The molecule has 2 atom stereocenters. The summed E-state index contributed by atoms with van der Waals surface area (Å²) >= 11 is 0. The Morgan fingerprint density at radius 3 is 2.18 bits per heavy atom. The predicted octanol–water partition coefficient (Wildman–Crippen LogP) is 3.25. The number of carboxylic acid groups (broad SMARTS) is 1. The molecular formula is C26H30N2O6. The van der Waals surface area contributed by atoms with E-state index < -0.39 is 36.7 Å². The van der Waals surface area contributed by atoms with Crippen LogP contribution in [0, 0.1) is 5.92 Å². The highest BCUT2D eigenvalue weighted by Gasteiger charge is 2.36. The molecule has 180 valence electrons. The fraction of sp³-hybridized carbons (Fsp3) is 0.423. The van der Waals surface area contributed by atoms with Gasteiger partial charge in [-0.1, -0.05) is 48.5 Å². The maximum atomic E-state index is 13.2. The van der Waals surface area contributed by atoms with E-state index in [1.54, 1.807) is 6.92 Å². The summed E-state index contributed by atoms with van der Waals surface area (Å²) in [7, 11) is 1.44. The number of hydrogen-bond acceptors (Lipinski definition) is 5. The predicted molar refractivity (Wildman–Crippen MR) is 125 cm³/mol. The summed E-state index contributed by atoms with van der Waals surface area (Å²) in [6.07, 6.45) is 0.524. The number of nitrogens with one attached hydrogen (secondary N) is 1. The van der Waals surface area contributed by atoms with Crippen LogP contribution in [-0.2, 0) is 19.1 Å². The average molecular weight is 467 g/mol. The molecule has 8 heteroatoms.